The molecule has 0 bridgehead atoms. The van der Waals surface area contributed by atoms with Gasteiger partial charge in [-0.2, -0.15) is 0 Å². The second-order valence-electron chi connectivity index (χ2n) is 5.83. The van der Waals surface area contributed by atoms with Crippen LogP contribution in [0.15, 0.2) is 30.3 Å². The van der Waals surface area contributed by atoms with Crippen molar-refractivity contribution in [2.75, 3.05) is 33.2 Å². The Hall–Kier alpha value is -1.39. The molecule has 1 N–H and O–H groups in total. The lowest BCUT2D eigenvalue weighted by atomic mass is 10.1. The summed E-state index contributed by atoms with van der Waals surface area (Å²) in [6, 6.07) is 11.1. The molecule has 1 amide bonds. The summed E-state index contributed by atoms with van der Waals surface area (Å²) in [6.07, 6.45) is 1.65. The van der Waals surface area contributed by atoms with Crippen LogP contribution in [0.4, 0.5) is 0 Å². The van der Waals surface area contributed by atoms with Crippen molar-refractivity contribution >= 4 is 5.91 Å². The van der Waals surface area contributed by atoms with Crippen LogP contribution < -0.4 is 5.32 Å². The third-order valence-electron chi connectivity index (χ3n) is 4.27. The van der Waals surface area contributed by atoms with Crippen molar-refractivity contribution in [1.29, 1.82) is 0 Å². The van der Waals surface area contributed by atoms with E-state index in [1.54, 1.807) is 0 Å². The number of hydrogen-bond donors (Lipinski definition) is 1. The molecule has 0 aliphatic carbocycles. The second kappa shape index (κ2) is 8.15. The molecule has 4 heteroatoms. The maximum atomic E-state index is 12.1. The number of amides is 1. The van der Waals surface area contributed by atoms with Crippen molar-refractivity contribution in [2.45, 2.75) is 32.4 Å². The van der Waals surface area contributed by atoms with E-state index in [4.69, 9.17) is 0 Å². The van der Waals surface area contributed by atoms with Gasteiger partial charge in [0.25, 0.3) is 0 Å². The Balaban J connectivity index is 1.90. The van der Waals surface area contributed by atoms with E-state index in [9.17, 15) is 4.79 Å². The number of rotatable bonds is 5. The summed E-state index contributed by atoms with van der Waals surface area (Å²) in [5, 5.41) is 3.05. The Morgan fingerprint density at radius 3 is 2.71 bits per heavy atom. The summed E-state index contributed by atoms with van der Waals surface area (Å²) in [6.45, 7) is 6.69. The Morgan fingerprint density at radius 2 is 2.00 bits per heavy atom. The molecule has 1 aliphatic heterocycles. The quantitative estimate of drug-likeness (QED) is 0.896. The minimum atomic E-state index is 0.276. The molecule has 4 nitrogen and oxygen atoms in total. The van der Waals surface area contributed by atoms with Gasteiger partial charge in [0, 0.05) is 45.2 Å². The summed E-state index contributed by atoms with van der Waals surface area (Å²) in [7, 11) is 1.89. The Morgan fingerprint density at radius 1 is 1.24 bits per heavy atom. The lowest BCUT2D eigenvalue weighted by Gasteiger charge is -2.26. The van der Waals surface area contributed by atoms with Crippen LogP contribution in [-0.4, -0.2) is 55.0 Å². The molecule has 0 aromatic heterocycles. The molecule has 21 heavy (non-hydrogen) atoms. The SMILES string of the molecule is CNCCC(=O)N1CCC(C)N(Cc2ccccc2)CC1. The van der Waals surface area contributed by atoms with Gasteiger partial charge < -0.3 is 10.2 Å². The van der Waals surface area contributed by atoms with Crippen LogP contribution >= 0.6 is 0 Å². The topological polar surface area (TPSA) is 35.6 Å². The molecule has 0 spiro atoms. The first-order chi connectivity index (χ1) is 10.2. The van der Waals surface area contributed by atoms with Gasteiger partial charge in [-0.25, -0.2) is 0 Å². The molecule has 1 fully saturated rings. The Labute approximate surface area is 128 Å². The fraction of sp³-hybridized carbons (Fsp3) is 0.588. The molecule has 1 unspecified atom stereocenters. The molecular weight excluding hydrogens is 262 g/mol. The number of nitrogens with one attached hydrogen (secondary N) is 1. The van der Waals surface area contributed by atoms with Crippen molar-refractivity contribution in [3.63, 3.8) is 0 Å². The monoisotopic (exact) mass is 289 g/mol. The third-order valence-corrected chi connectivity index (χ3v) is 4.27. The van der Waals surface area contributed by atoms with Gasteiger partial charge in [0.2, 0.25) is 5.91 Å². The van der Waals surface area contributed by atoms with Crippen molar-refractivity contribution in [1.82, 2.24) is 15.1 Å². The molecule has 0 radical (unpaired) electrons. The average molecular weight is 289 g/mol. The van der Waals surface area contributed by atoms with Gasteiger partial charge in [-0.15, -0.1) is 0 Å². The van der Waals surface area contributed by atoms with E-state index in [1.807, 2.05) is 11.9 Å². The van der Waals surface area contributed by atoms with E-state index in [-0.39, 0.29) is 5.91 Å². The highest BCUT2D eigenvalue weighted by atomic mass is 16.2. The van der Waals surface area contributed by atoms with Crippen LogP contribution in [-0.2, 0) is 11.3 Å². The highest BCUT2D eigenvalue weighted by Gasteiger charge is 2.23. The lowest BCUT2D eigenvalue weighted by Crippen LogP contribution is -2.36. The fourth-order valence-corrected chi connectivity index (χ4v) is 2.80. The highest BCUT2D eigenvalue weighted by Crippen LogP contribution is 2.15. The van der Waals surface area contributed by atoms with E-state index in [2.05, 4.69) is 47.5 Å². The van der Waals surface area contributed by atoms with Gasteiger partial charge in [-0.3, -0.25) is 9.69 Å². The molecule has 1 heterocycles. The van der Waals surface area contributed by atoms with Crippen LogP contribution in [0.25, 0.3) is 0 Å². The summed E-state index contributed by atoms with van der Waals surface area (Å²) in [5.41, 5.74) is 1.35. The number of hydrogen-bond acceptors (Lipinski definition) is 3. The molecule has 0 saturated carbocycles. The zero-order valence-corrected chi connectivity index (χ0v) is 13.2. The minimum absolute atomic E-state index is 0.276. The van der Waals surface area contributed by atoms with Gasteiger partial charge in [-0.1, -0.05) is 30.3 Å². The first-order valence-corrected chi connectivity index (χ1v) is 7.91. The van der Waals surface area contributed by atoms with E-state index in [0.29, 0.717) is 12.5 Å². The average Bonchev–Trinajstić information content (AvgIpc) is 2.69. The standard InChI is InChI=1S/C17H27N3O/c1-15-9-11-19(17(21)8-10-18-2)12-13-20(15)14-16-6-4-3-5-7-16/h3-7,15,18H,8-14H2,1-2H3. The molecule has 1 aliphatic rings. The molecule has 1 saturated heterocycles. The number of nitrogens with zero attached hydrogens (tertiary/aromatic N) is 2. The summed E-state index contributed by atoms with van der Waals surface area (Å²) in [4.78, 5) is 16.7. The van der Waals surface area contributed by atoms with Crippen molar-refractivity contribution < 1.29 is 4.79 Å². The van der Waals surface area contributed by atoms with E-state index < -0.39 is 0 Å². The number of carbonyl (C=O) groups is 1. The van der Waals surface area contributed by atoms with Crippen molar-refractivity contribution in [2.24, 2.45) is 0 Å². The molecule has 2 rings (SSSR count). The van der Waals surface area contributed by atoms with Crippen LogP contribution in [0.1, 0.15) is 25.3 Å². The zero-order chi connectivity index (χ0) is 15.1. The summed E-state index contributed by atoms with van der Waals surface area (Å²) < 4.78 is 0. The Kier molecular flexibility index (Phi) is 6.21. The van der Waals surface area contributed by atoms with Crippen LogP contribution in [0, 0.1) is 0 Å². The van der Waals surface area contributed by atoms with Gasteiger partial charge in [0.05, 0.1) is 0 Å². The summed E-state index contributed by atoms with van der Waals surface area (Å²) in [5.74, 6) is 0.276. The highest BCUT2D eigenvalue weighted by molar-refractivity contribution is 5.76. The predicted octanol–water partition coefficient (Wildman–Crippen LogP) is 1.72. The van der Waals surface area contributed by atoms with Crippen molar-refractivity contribution in [3.8, 4) is 0 Å². The second-order valence-corrected chi connectivity index (χ2v) is 5.83. The molecule has 116 valence electrons. The van der Waals surface area contributed by atoms with E-state index in [1.165, 1.54) is 5.56 Å². The van der Waals surface area contributed by atoms with Crippen LogP contribution in [0.3, 0.4) is 0 Å². The fourth-order valence-electron chi connectivity index (χ4n) is 2.80. The maximum Gasteiger partial charge on any atom is 0.223 e. The lowest BCUT2D eigenvalue weighted by molar-refractivity contribution is -0.130. The molecule has 1 atom stereocenters. The summed E-state index contributed by atoms with van der Waals surface area (Å²) >= 11 is 0. The van der Waals surface area contributed by atoms with E-state index in [0.717, 1.165) is 39.1 Å². The van der Waals surface area contributed by atoms with Crippen LogP contribution in [0.2, 0.25) is 0 Å². The van der Waals surface area contributed by atoms with Gasteiger partial charge in [0.15, 0.2) is 0 Å². The Bertz CT molecular complexity index is 435. The molecular formula is C17H27N3O. The van der Waals surface area contributed by atoms with Crippen molar-refractivity contribution in [3.05, 3.63) is 35.9 Å². The first-order valence-electron chi connectivity index (χ1n) is 7.91. The maximum absolute atomic E-state index is 12.1. The zero-order valence-electron chi connectivity index (χ0n) is 13.2. The van der Waals surface area contributed by atoms with Gasteiger partial charge in [-0.05, 0) is 26.0 Å². The van der Waals surface area contributed by atoms with Gasteiger partial charge in [0.1, 0.15) is 0 Å². The van der Waals surface area contributed by atoms with Gasteiger partial charge >= 0.3 is 0 Å². The smallest absolute Gasteiger partial charge is 0.223 e. The minimum Gasteiger partial charge on any atom is -0.341 e. The first kappa shape index (κ1) is 16.0. The van der Waals surface area contributed by atoms with E-state index >= 15 is 0 Å². The largest absolute Gasteiger partial charge is 0.341 e. The normalized spacial score (nSPS) is 20.3. The van der Waals surface area contributed by atoms with Crippen LogP contribution in [0.5, 0.6) is 0 Å². The predicted molar refractivity (Wildman–Crippen MR) is 86.1 cm³/mol. The molecule has 1 aromatic carbocycles. The third kappa shape index (κ3) is 4.83. The number of carbonyl (C=O) groups excluding carboxylic acids is 1. The molecule has 1 aromatic rings. The number of benzene rings is 1.